The Bertz CT molecular complexity index is 1830. The van der Waals surface area contributed by atoms with Crippen molar-refractivity contribution in [1.29, 1.82) is 0 Å². The van der Waals surface area contributed by atoms with Gasteiger partial charge >= 0.3 is 23.5 Å². The summed E-state index contributed by atoms with van der Waals surface area (Å²) in [5, 5.41) is 34.7. The Morgan fingerprint density at radius 2 is 1.78 bits per heavy atom. The molecule has 0 saturated carbocycles. The van der Waals surface area contributed by atoms with Crippen molar-refractivity contribution in [3.63, 3.8) is 0 Å². The number of rotatable bonds is 22. The van der Waals surface area contributed by atoms with Crippen molar-refractivity contribution < 1.29 is 90.5 Å². The summed E-state index contributed by atoms with van der Waals surface area (Å²) in [5.41, 5.74) is 4.19. The summed E-state index contributed by atoms with van der Waals surface area (Å²) in [6, 6.07) is 0. The molecule has 1 aliphatic rings. The van der Waals surface area contributed by atoms with Gasteiger partial charge in [0.25, 0.3) is 0 Å². The van der Waals surface area contributed by atoms with Crippen molar-refractivity contribution in [1.82, 2.24) is 35.2 Å². The quantitative estimate of drug-likeness (QED) is 0.0192. The van der Waals surface area contributed by atoms with Gasteiger partial charge in [-0.2, -0.15) is 4.31 Å². The lowest BCUT2D eigenvalue weighted by Gasteiger charge is -2.30. The Morgan fingerprint density at radius 3 is 2.44 bits per heavy atom. The number of imidazole rings is 1. The Kier molecular flexibility index (Phi) is 16.4. The van der Waals surface area contributed by atoms with Crippen LogP contribution in [0.5, 0.6) is 0 Å². The minimum Gasteiger partial charge on any atom is -0.386 e. The number of fused-ring (bicyclic) bond motifs is 1. The van der Waals surface area contributed by atoms with Gasteiger partial charge in [-0.05, 0) is 0 Å². The predicted molar refractivity (Wildman–Crippen MR) is 182 cm³/mol. The SMILES string of the molecule is CC(C)(COP(=O)(O)OP(=O)(O)OCC1OC(n2cnc3c(N)ncnc32)C(O)C1OP(=O)(O)O)C(O)C(=O)NCCC(=O)NCCSC(=O)CN(O)C=O. The van der Waals surface area contributed by atoms with Crippen molar-refractivity contribution in [2.24, 2.45) is 5.41 Å². The molecule has 7 atom stereocenters. The highest BCUT2D eigenvalue weighted by atomic mass is 32.2. The van der Waals surface area contributed by atoms with E-state index in [1.165, 1.54) is 13.8 Å². The predicted octanol–water partition coefficient (Wildman–Crippen LogP) is -2.49. The molecule has 0 bridgehead atoms. The van der Waals surface area contributed by atoms with Gasteiger partial charge in [-0.1, -0.05) is 25.6 Å². The Labute approximate surface area is 314 Å². The van der Waals surface area contributed by atoms with Gasteiger partial charge in [0.05, 0.1) is 19.5 Å². The zero-order chi connectivity index (χ0) is 41.4. The molecule has 3 rings (SSSR count). The second-order valence-electron chi connectivity index (χ2n) is 12.0. The average Bonchev–Trinajstić information content (AvgIpc) is 3.64. The van der Waals surface area contributed by atoms with E-state index < -0.39 is 96.2 Å². The van der Waals surface area contributed by atoms with Gasteiger partial charge < -0.3 is 50.9 Å². The number of carbonyl (C=O) groups is 4. The van der Waals surface area contributed by atoms with Crippen LogP contribution in [0, 0.1) is 5.41 Å². The second kappa shape index (κ2) is 19.4. The number of phosphoric ester groups is 3. The molecule has 11 N–H and O–H groups in total. The molecule has 1 aliphatic heterocycles. The van der Waals surface area contributed by atoms with E-state index in [0.717, 1.165) is 29.0 Å². The summed E-state index contributed by atoms with van der Waals surface area (Å²) in [6.07, 6.45) is -7.07. The molecule has 3 amide bonds. The Balaban J connectivity index is 1.49. The summed E-state index contributed by atoms with van der Waals surface area (Å²) in [7, 11) is -16.4. The molecule has 0 spiro atoms. The first-order valence-corrected chi connectivity index (χ1v) is 20.9. The molecule has 3 heterocycles. The van der Waals surface area contributed by atoms with Crippen molar-refractivity contribution in [2.45, 2.75) is 50.9 Å². The van der Waals surface area contributed by atoms with Crippen LogP contribution in [-0.2, 0) is 55.5 Å². The third-order valence-corrected chi connectivity index (χ3v) is 11.1. The Hall–Kier alpha value is -3.01. The molecule has 0 aromatic carbocycles. The number of carbonyl (C=O) groups excluding carboxylic acids is 4. The monoisotopic (exact) mass is 868 g/mol. The Morgan fingerprint density at radius 1 is 1.11 bits per heavy atom. The lowest BCUT2D eigenvalue weighted by molar-refractivity contribution is -0.152. The van der Waals surface area contributed by atoms with Crippen LogP contribution in [0.1, 0.15) is 26.5 Å². The molecule has 27 nitrogen and oxygen atoms in total. The lowest BCUT2D eigenvalue weighted by Crippen LogP contribution is -2.46. The average molecular weight is 869 g/mol. The number of aliphatic hydroxyl groups is 2. The van der Waals surface area contributed by atoms with Gasteiger partial charge in [-0.3, -0.25) is 42.5 Å². The summed E-state index contributed by atoms with van der Waals surface area (Å²) in [4.78, 5) is 97.1. The number of ether oxygens (including phenoxy) is 1. The highest BCUT2D eigenvalue weighted by Gasteiger charge is 2.50. The number of nitrogens with zero attached hydrogens (tertiary/aromatic N) is 5. The van der Waals surface area contributed by atoms with Crippen molar-refractivity contribution in [3.8, 4) is 0 Å². The van der Waals surface area contributed by atoms with Gasteiger partial charge in [-0.15, -0.1) is 0 Å². The van der Waals surface area contributed by atoms with Crippen LogP contribution >= 0.6 is 35.2 Å². The number of aliphatic hydroxyl groups excluding tert-OH is 2. The molecule has 0 aliphatic carbocycles. The van der Waals surface area contributed by atoms with Gasteiger partial charge in [-0.25, -0.2) is 33.7 Å². The van der Waals surface area contributed by atoms with E-state index in [9.17, 15) is 62.7 Å². The maximum atomic E-state index is 12.6. The largest absolute Gasteiger partial charge is 0.481 e. The van der Waals surface area contributed by atoms with Crippen LogP contribution in [0.3, 0.4) is 0 Å². The van der Waals surface area contributed by atoms with Crippen LogP contribution in [-0.4, -0.2) is 146 Å². The number of nitrogens with one attached hydrogen (secondary N) is 2. The molecular formula is C24H39N8O19P3S. The normalized spacial score (nSPS) is 21.7. The maximum Gasteiger partial charge on any atom is 0.481 e. The summed E-state index contributed by atoms with van der Waals surface area (Å²) in [5.74, 6) is -1.49. The summed E-state index contributed by atoms with van der Waals surface area (Å²) < 4.78 is 61.9. The molecule has 2 aromatic rings. The minimum absolute atomic E-state index is 0.0181. The zero-order valence-electron chi connectivity index (χ0n) is 28.7. The summed E-state index contributed by atoms with van der Waals surface area (Å²) in [6.45, 7) is -0.399. The third-order valence-electron chi connectivity index (χ3n) is 7.18. The topological polar surface area (TPSA) is 404 Å². The van der Waals surface area contributed by atoms with Crippen LogP contribution in [0.4, 0.5) is 5.82 Å². The summed E-state index contributed by atoms with van der Waals surface area (Å²) >= 11 is 0.753. The molecule has 310 valence electrons. The smallest absolute Gasteiger partial charge is 0.386 e. The molecular weight excluding hydrogens is 829 g/mol. The van der Waals surface area contributed by atoms with Gasteiger partial charge in [0, 0.05) is 30.7 Å². The standard InChI is InChI=1S/C24H39N8O19P3S/c1-24(2,19(37)22(38)27-4-3-14(34)26-5-6-55-15(35)7-31(39)12-33)9-48-54(45,46)51-53(43,44)47-8-13-18(50-52(40,41)42)17(36)23(49-13)32-11-30-16-20(25)28-10-29-21(16)32/h10-13,17-19,23,36-37,39H,3-9H2,1-2H3,(H,26,34)(H,27,38)(H,43,44)(H,45,46)(H2,25,28,29)(H2,40,41,42). The number of phosphoric acid groups is 3. The van der Waals surface area contributed by atoms with Crippen molar-refractivity contribution in [3.05, 3.63) is 12.7 Å². The number of hydrogen-bond acceptors (Lipinski definition) is 20. The highest BCUT2D eigenvalue weighted by molar-refractivity contribution is 8.13. The van der Waals surface area contributed by atoms with E-state index in [1.54, 1.807) is 0 Å². The maximum absolute atomic E-state index is 12.6. The molecule has 0 radical (unpaired) electrons. The highest BCUT2D eigenvalue weighted by Crippen LogP contribution is 2.61. The molecule has 31 heteroatoms. The van der Waals surface area contributed by atoms with Crippen LogP contribution < -0.4 is 16.4 Å². The van der Waals surface area contributed by atoms with E-state index >= 15 is 0 Å². The molecule has 2 aromatic heterocycles. The van der Waals surface area contributed by atoms with Crippen LogP contribution in [0.15, 0.2) is 12.7 Å². The van der Waals surface area contributed by atoms with Crippen LogP contribution in [0.25, 0.3) is 11.2 Å². The van der Waals surface area contributed by atoms with E-state index in [0.29, 0.717) is 0 Å². The number of aromatic nitrogens is 4. The second-order valence-corrected chi connectivity index (χ2v) is 17.4. The fourth-order valence-corrected chi connectivity index (χ4v) is 7.99. The number of thioether (sulfide) groups is 1. The van der Waals surface area contributed by atoms with E-state index in [2.05, 4.69) is 34.4 Å². The number of anilines is 1. The third kappa shape index (κ3) is 14.2. The number of hydrogen-bond donors (Lipinski definition) is 10. The first-order chi connectivity index (χ1) is 25.4. The number of nitrogen functional groups attached to an aromatic ring is 1. The van der Waals surface area contributed by atoms with E-state index in [1.807, 2.05) is 0 Å². The first-order valence-electron chi connectivity index (χ1n) is 15.4. The van der Waals surface area contributed by atoms with Crippen LogP contribution in [0.2, 0.25) is 0 Å². The molecule has 7 unspecified atom stereocenters. The number of amides is 3. The fourth-order valence-electron chi connectivity index (χ4n) is 4.51. The number of nitrogens with two attached hydrogens (primary N) is 1. The van der Waals surface area contributed by atoms with E-state index in [4.69, 9.17) is 24.7 Å². The number of hydroxylamine groups is 2. The van der Waals surface area contributed by atoms with Gasteiger partial charge in [0.1, 0.15) is 42.8 Å². The van der Waals surface area contributed by atoms with Gasteiger partial charge in [0.2, 0.25) is 23.3 Å². The van der Waals surface area contributed by atoms with Crippen molar-refractivity contribution >= 4 is 75.6 Å². The lowest BCUT2D eigenvalue weighted by atomic mass is 9.87. The van der Waals surface area contributed by atoms with Crippen molar-refractivity contribution in [2.75, 3.05) is 44.3 Å². The molecule has 55 heavy (non-hydrogen) atoms. The minimum atomic E-state index is -5.59. The van der Waals surface area contributed by atoms with Gasteiger partial charge in [0.15, 0.2) is 17.7 Å². The molecule has 1 saturated heterocycles. The molecule has 1 fully saturated rings. The fraction of sp³-hybridized carbons (Fsp3) is 0.625. The first kappa shape index (κ1) is 46.4. The van der Waals surface area contributed by atoms with E-state index in [-0.39, 0.29) is 53.7 Å². The zero-order valence-corrected chi connectivity index (χ0v) is 32.2.